The molecule has 0 spiro atoms. The van der Waals surface area contributed by atoms with E-state index in [1.54, 1.807) is 12.1 Å². The highest BCUT2D eigenvalue weighted by Gasteiger charge is 2.12. The number of hydrogen-bond donors (Lipinski definition) is 0. The van der Waals surface area contributed by atoms with Crippen molar-refractivity contribution in [1.82, 2.24) is 15.0 Å². The zero-order chi connectivity index (χ0) is 15.0. The molecule has 3 nitrogen and oxygen atoms in total. The van der Waals surface area contributed by atoms with Gasteiger partial charge in [-0.15, -0.1) is 0 Å². The summed E-state index contributed by atoms with van der Waals surface area (Å²) < 4.78 is 13.0. The predicted octanol–water partition coefficient (Wildman–Crippen LogP) is 4.61. The molecule has 106 valence electrons. The summed E-state index contributed by atoms with van der Waals surface area (Å²) in [4.78, 5) is 13.1. The third-order valence-corrected chi connectivity index (χ3v) is 3.40. The fourth-order valence-corrected chi connectivity index (χ4v) is 2.37. The molecule has 3 aromatic rings. The standard InChI is InChI=1S/C16H13ClFN3/c1-9(2)14-15-13(20-16(17)21-14)8-7-12(19-15)10-3-5-11(18)6-4-10/h3-9H,1-2H3. The molecule has 5 heteroatoms. The van der Waals surface area contributed by atoms with E-state index in [1.807, 2.05) is 26.0 Å². The summed E-state index contributed by atoms with van der Waals surface area (Å²) in [6.07, 6.45) is 0. The Hall–Kier alpha value is -2.07. The van der Waals surface area contributed by atoms with Crippen LogP contribution in [0.4, 0.5) is 4.39 Å². The van der Waals surface area contributed by atoms with E-state index < -0.39 is 0 Å². The fraction of sp³-hybridized carbons (Fsp3) is 0.188. The SMILES string of the molecule is CC(C)c1nc(Cl)nc2ccc(-c3ccc(F)cc3)nc12. The third kappa shape index (κ3) is 2.72. The van der Waals surface area contributed by atoms with Gasteiger partial charge < -0.3 is 0 Å². The first-order chi connectivity index (χ1) is 10.0. The number of nitrogens with zero attached hydrogens (tertiary/aromatic N) is 3. The minimum Gasteiger partial charge on any atom is -0.244 e. The maximum absolute atomic E-state index is 13.0. The summed E-state index contributed by atoms with van der Waals surface area (Å²) in [5.41, 5.74) is 3.87. The topological polar surface area (TPSA) is 38.7 Å². The Morgan fingerprint density at radius 2 is 1.67 bits per heavy atom. The van der Waals surface area contributed by atoms with Gasteiger partial charge in [-0.05, 0) is 53.9 Å². The second-order valence-corrected chi connectivity index (χ2v) is 5.44. The normalized spacial score (nSPS) is 11.3. The molecule has 2 heterocycles. The van der Waals surface area contributed by atoms with Crippen molar-refractivity contribution in [3.8, 4) is 11.3 Å². The number of pyridine rings is 1. The van der Waals surface area contributed by atoms with Gasteiger partial charge in [-0.2, -0.15) is 0 Å². The highest BCUT2D eigenvalue weighted by atomic mass is 35.5. The first-order valence-electron chi connectivity index (χ1n) is 6.65. The van der Waals surface area contributed by atoms with E-state index in [2.05, 4.69) is 15.0 Å². The molecule has 0 N–H and O–H groups in total. The van der Waals surface area contributed by atoms with Gasteiger partial charge in [0.25, 0.3) is 0 Å². The molecule has 0 saturated heterocycles. The molecule has 21 heavy (non-hydrogen) atoms. The largest absolute Gasteiger partial charge is 0.244 e. The van der Waals surface area contributed by atoms with Crippen LogP contribution in [0.1, 0.15) is 25.5 Å². The van der Waals surface area contributed by atoms with Crippen LogP contribution in [0, 0.1) is 5.82 Å². The van der Waals surface area contributed by atoms with Crippen molar-refractivity contribution in [1.29, 1.82) is 0 Å². The molecule has 0 atom stereocenters. The molecular formula is C16H13ClFN3. The van der Waals surface area contributed by atoms with E-state index in [-0.39, 0.29) is 17.0 Å². The molecule has 0 aliphatic heterocycles. The van der Waals surface area contributed by atoms with E-state index in [1.165, 1.54) is 12.1 Å². The van der Waals surface area contributed by atoms with Gasteiger partial charge in [0.2, 0.25) is 5.28 Å². The average molecular weight is 302 g/mol. The number of hydrogen-bond acceptors (Lipinski definition) is 3. The zero-order valence-corrected chi connectivity index (χ0v) is 12.4. The van der Waals surface area contributed by atoms with Gasteiger partial charge >= 0.3 is 0 Å². The van der Waals surface area contributed by atoms with E-state index in [9.17, 15) is 4.39 Å². The van der Waals surface area contributed by atoms with Crippen LogP contribution in [0.2, 0.25) is 5.28 Å². The second-order valence-electron chi connectivity index (χ2n) is 5.10. The molecule has 0 unspecified atom stereocenters. The van der Waals surface area contributed by atoms with Crippen LogP contribution in [0.15, 0.2) is 36.4 Å². The summed E-state index contributed by atoms with van der Waals surface area (Å²) in [5.74, 6) is -0.0820. The zero-order valence-electron chi connectivity index (χ0n) is 11.6. The lowest BCUT2D eigenvalue weighted by Crippen LogP contribution is -2.00. The average Bonchev–Trinajstić information content (AvgIpc) is 2.46. The van der Waals surface area contributed by atoms with Crippen molar-refractivity contribution in [2.75, 3.05) is 0 Å². The van der Waals surface area contributed by atoms with E-state index in [0.29, 0.717) is 5.52 Å². The highest BCUT2D eigenvalue weighted by molar-refractivity contribution is 6.28. The molecule has 0 radical (unpaired) electrons. The van der Waals surface area contributed by atoms with Crippen molar-refractivity contribution in [3.05, 3.63) is 53.2 Å². The van der Waals surface area contributed by atoms with Crippen LogP contribution in [0.25, 0.3) is 22.3 Å². The molecule has 0 fully saturated rings. The number of rotatable bonds is 2. The number of benzene rings is 1. The quantitative estimate of drug-likeness (QED) is 0.649. The second kappa shape index (κ2) is 5.37. The Labute approximate surface area is 126 Å². The fourth-order valence-electron chi connectivity index (χ4n) is 2.19. The highest BCUT2D eigenvalue weighted by Crippen LogP contribution is 2.26. The van der Waals surface area contributed by atoms with E-state index in [4.69, 9.17) is 11.6 Å². The minimum absolute atomic E-state index is 0.184. The summed E-state index contributed by atoms with van der Waals surface area (Å²) >= 11 is 5.95. The Bertz CT molecular complexity index is 800. The maximum atomic E-state index is 13.0. The first kappa shape index (κ1) is 13.9. The van der Waals surface area contributed by atoms with Crippen molar-refractivity contribution in [3.63, 3.8) is 0 Å². The molecule has 0 amide bonds. The molecule has 0 saturated carbocycles. The Balaban J connectivity index is 2.21. The van der Waals surface area contributed by atoms with Crippen LogP contribution in [0.5, 0.6) is 0 Å². The molecule has 3 rings (SSSR count). The van der Waals surface area contributed by atoms with Gasteiger partial charge in [-0.3, -0.25) is 0 Å². The van der Waals surface area contributed by atoms with Gasteiger partial charge in [-0.25, -0.2) is 19.3 Å². The Morgan fingerprint density at radius 1 is 0.952 bits per heavy atom. The third-order valence-electron chi connectivity index (χ3n) is 3.23. The van der Waals surface area contributed by atoms with E-state index in [0.717, 1.165) is 22.5 Å². The Morgan fingerprint density at radius 3 is 2.33 bits per heavy atom. The van der Waals surface area contributed by atoms with Gasteiger partial charge in [0.05, 0.1) is 16.9 Å². The van der Waals surface area contributed by atoms with E-state index >= 15 is 0 Å². The molecule has 0 bridgehead atoms. The smallest absolute Gasteiger partial charge is 0.223 e. The maximum Gasteiger partial charge on any atom is 0.223 e. The minimum atomic E-state index is -0.266. The molecular weight excluding hydrogens is 289 g/mol. The van der Waals surface area contributed by atoms with Crippen LogP contribution in [0.3, 0.4) is 0 Å². The molecule has 2 aromatic heterocycles. The monoisotopic (exact) mass is 301 g/mol. The van der Waals surface area contributed by atoms with Gasteiger partial charge in [0.15, 0.2) is 0 Å². The van der Waals surface area contributed by atoms with Crippen molar-refractivity contribution in [2.45, 2.75) is 19.8 Å². The van der Waals surface area contributed by atoms with Crippen LogP contribution < -0.4 is 0 Å². The van der Waals surface area contributed by atoms with Crippen molar-refractivity contribution in [2.24, 2.45) is 0 Å². The lowest BCUT2D eigenvalue weighted by atomic mass is 10.1. The molecule has 0 aliphatic rings. The first-order valence-corrected chi connectivity index (χ1v) is 7.02. The summed E-state index contributed by atoms with van der Waals surface area (Å²) in [5, 5.41) is 0.225. The summed E-state index contributed by atoms with van der Waals surface area (Å²) in [7, 11) is 0. The summed E-state index contributed by atoms with van der Waals surface area (Å²) in [6, 6.07) is 9.96. The van der Waals surface area contributed by atoms with Gasteiger partial charge in [0.1, 0.15) is 11.3 Å². The van der Waals surface area contributed by atoms with Crippen LogP contribution in [-0.2, 0) is 0 Å². The van der Waals surface area contributed by atoms with Crippen molar-refractivity contribution >= 4 is 22.6 Å². The predicted molar refractivity (Wildman–Crippen MR) is 81.8 cm³/mol. The van der Waals surface area contributed by atoms with Gasteiger partial charge in [0, 0.05) is 5.56 Å². The van der Waals surface area contributed by atoms with Crippen LogP contribution in [-0.4, -0.2) is 15.0 Å². The van der Waals surface area contributed by atoms with Crippen molar-refractivity contribution < 1.29 is 4.39 Å². The number of halogens is 2. The number of aromatic nitrogens is 3. The number of fused-ring (bicyclic) bond motifs is 1. The van der Waals surface area contributed by atoms with Gasteiger partial charge in [-0.1, -0.05) is 13.8 Å². The summed E-state index contributed by atoms with van der Waals surface area (Å²) in [6.45, 7) is 4.06. The Kier molecular flexibility index (Phi) is 3.55. The lowest BCUT2D eigenvalue weighted by molar-refractivity contribution is 0.628. The lowest BCUT2D eigenvalue weighted by Gasteiger charge is -2.10. The molecule has 1 aromatic carbocycles. The molecule has 0 aliphatic carbocycles. The van der Waals surface area contributed by atoms with Crippen LogP contribution >= 0.6 is 11.6 Å².